The fourth-order valence-electron chi connectivity index (χ4n) is 2.87. The average Bonchev–Trinajstić information content (AvgIpc) is 2.70. The summed E-state index contributed by atoms with van der Waals surface area (Å²) in [5.74, 6) is -2.10. The number of rotatable bonds is 8. The summed E-state index contributed by atoms with van der Waals surface area (Å²) < 4.78 is 91.8. The lowest BCUT2D eigenvalue weighted by molar-refractivity contribution is -0.305. The van der Waals surface area contributed by atoms with Crippen molar-refractivity contribution in [3.05, 3.63) is 35.0 Å². The predicted molar refractivity (Wildman–Crippen MR) is 102 cm³/mol. The van der Waals surface area contributed by atoms with Crippen molar-refractivity contribution in [3.63, 3.8) is 0 Å². The molecular weight excluding hydrogens is 462 g/mol. The zero-order chi connectivity index (χ0) is 25.1. The van der Waals surface area contributed by atoms with Crippen molar-refractivity contribution < 1.29 is 50.1 Å². The van der Waals surface area contributed by atoms with Gasteiger partial charge in [-0.1, -0.05) is 19.9 Å². The Morgan fingerprint density at radius 1 is 1.15 bits per heavy atom. The lowest BCUT2D eigenvalue weighted by Gasteiger charge is -2.29. The van der Waals surface area contributed by atoms with Gasteiger partial charge in [0.2, 0.25) is 0 Å². The molecule has 2 N–H and O–H groups in total. The number of carbonyl (C=O) groups is 2. The van der Waals surface area contributed by atoms with Gasteiger partial charge in [0.15, 0.2) is 11.5 Å². The Morgan fingerprint density at radius 2 is 1.79 bits per heavy atom. The number of amides is 2. The normalized spacial score (nSPS) is 17.9. The highest BCUT2D eigenvalue weighted by Gasteiger charge is 2.59. The summed E-state index contributed by atoms with van der Waals surface area (Å²) in [6.45, 7) is 5.16. The molecule has 0 aliphatic carbocycles. The van der Waals surface area contributed by atoms with Crippen LogP contribution < -0.4 is 20.1 Å². The number of alkyl halides is 6. The maximum absolute atomic E-state index is 13.7. The molecule has 0 bridgehead atoms. The van der Waals surface area contributed by atoms with Crippen LogP contribution >= 0.6 is 0 Å². The van der Waals surface area contributed by atoms with E-state index in [0.29, 0.717) is 0 Å². The van der Waals surface area contributed by atoms with Crippen molar-refractivity contribution >= 4 is 12.0 Å². The van der Waals surface area contributed by atoms with Gasteiger partial charge in [0.05, 0.1) is 25.3 Å². The summed E-state index contributed by atoms with van der Waals surface area (Å²) >= 11 is 0. The molecular formula is C20H22F6N2O5. The highest BCUT2D eigenvalue weighted by molar-refractivity contribution is 5.95. The average molecular weight is 484 g/mol. The van der Waals surface area contributed by atoms with E-state index in [1.165, 1.54) is 6.92 Å². The van der Waals surface area contributed by atoms with Gasteiger partial charge in [0, 0.05) is 5.70 Å². The first-order chi connectivity index (χ1) is 15.2. The van der Waals surface area contributed by atoms with E-state index >= 15 is 0 Å². The summed E-state index contributed by atoms with van der Waals surface area (Å²) in [6, 6.07) is 1.20. The first kappa shape index (κ1) is 26.1. The van der Waals surface area contributed by atoms with E-state index in [1.807, 2.05) is 13.8 Å². The number of halogens is 6. The number of urea groups is 1. The largest absolute Gasteiger partial charge is 0.493 e. The van der Waals surface area contributed by atoms with Gasteiger partial charge in [-0.2, -0.15) is 22.0 Å². The zero-order valence-corrected chi connectivity index (χ0v) is 18.0. The van der Waals surface area contributed by atoms with Crippen LogP contribution in [0.25, 0.3) is 0 Å². The minimum Gasteiger partial charge on any atom is -0.493 e. The van der Waals surface area contributed by atoms with Crippen LogP contribution in [0.3, 0.4) is 0 Å². The smallest absolute Gasteiger partial charge is 0.439 e. The van der Waals surface area contributed by atoms with Crippen LogP contribution in [0, 0.1) is 5.92 Å². The molecule has 1 aromatic carbocycles. The number of ether oxygens (including phenoxy) is 3. The number of hydrogen-bond acceptors (Lipinski definition) is 5. The van der Waals surface area contributed by atoms with Gasteiger partial charge in [-0.15, -0.1) is 0 Å². The van der Waals surface area contributed by atoms with Crippen LogP contribution in [0.2, 0.25) is 0 Å². The van der Waals surface area contributed by atoms with Crippen LogP contribution in [0.15, 0.2) is 29.5 Å². The number of nitrogens with one attached hydrogen (secondary N) is 2. The molecule has 0 fully saturated rings. The van der Waals surface area contributed by atoms with Crippen molar-refractivity contribution in [1.82, 2.24) is 10.6 Å². The van der Waals surface area contributed by atoms with Gasteiger partial charge in [-0.05, 0) is 30.5 Å². The fraction of sp³-hybridized carbons (Fsp3) is 0.500. The Hall–Kier alpha value is -3.12. The van der Waals surface area contributed by atoms with Crippen LogP contribution in [0.4, 0.5) is 31.1 Å². The van der Waals surface area contributed by atoms with Crippen LogP contribution in [0.5, 0.6) is 11.5 Å². The SMILES string of the molecule is COc1cc([C@H]2NC(=O)NC(C)=C2C(=O)OCC(C)C)ccc1OC(F)(F)[C@H](F)C(F)(F)F. The molecule has 2 rings (SSSR count). The first-order valence-electron chi connectivity index (χ1n) is 9.58. The zero-order valence-electron chi connectivity index (χ0n) is 18.0. The second kappa shape index (κ2) is 9.79. The van der Waals surface area contributed by atoms with Gasteiger partial charge < -0.3 is 24.8 Å². The van der Waals surface area contributed by atoms with E-state index in [0.717, 1.165) is 25.3 Å². The van der Waals surface area contributed by atoms with Gasteiger partial charge >= 0.3 is 24.3 Å². The molecule has 2 amide bonds. The maximum Gasteiger partial charge on any atom is 0.439 e. The third-order valence-corrected chi connectivity index (χ3v) is 4.39. The Labute approximate surface area is 185 Å². The number of benzene rings is 1. The van der Waals surface area contributed by atoms with Crippen molar-refractivity contribution in [2.45, 2.75) is 45.3 Å². The van der Waals surface area contributed by atoms with Gasteiger partial charge in [0.25, 0.3) is 6.17 Å². The summed E-state index contributed by atoms with van der Waals surface area (Å²) in [7, 11) is 1.01. The van der Waals surface area contributed by atoms with Crippen molar-refractivity contribution in [2.75, 3.05) is 13.7 Å². The monoisotopic (exact) mass is 484 g/mol. The molecule has 0 unspecified atom stereocenters. The molecule has 13 heteroatoms. The number of methoxy groups -OCH3 is 1. The second-order valence-corrected chi connectivity index (χ2v) is 7.54. The molecule has 0 saturated heterocycles. The Kier molecular flexibility index (Phi) is 7.75. The molecule has 1 aromatic rings. The molecule has 184 valence electrons. The van der Waals surface area contributed by atoms with E-state index in [1.54, 1.807) is 0 Å². The molecule has 0 aromatic heterocycles. The quantitative estimate of drug-likeness (QED) is 0.422. The maximum atomic E-state index is 13.7. The fourth-order valence-corrected chi connectivity index (χ4v) is 2.87. The molecule has 33 heavy (non-hydrogen) atoms. The second-order valence-electron chi connectivity index (χ2n) is 7.54. The number of esters is 1. The van der Waals surface area contributed by atoms with E-state index in [9.17, 15) is 35.9 Å². The van der Waals surface area contributed by atoms with Gasteiger partial charge in [-0.25, -0.2) is 14.0 Å². The van der Waals surface area contributed by atoms with Crippen molar-refractivity contribution in [1.29, 1.82) is 0 Å². The lowest BCUT2D eigenvalue weighted by Crippen LogP contribution is -2.46. The minimum atomic E-state index is -5.86. The molecule has 7 nitrogen and oxygen atoms in total. The summed E-state index contributed by atoms with van der Waals surface area (Å²) in [4.78, 5) is 24.6. The highest BCUT2D eigenvalue weighted by atomic mass is 19.4. The first-order valence-corrected chi connectivity index (χ1v) is 9.58. The third-order valence-electron chi connectivity index (χ3n) is 4.39. The van der Waals surface area contributed by atoms with E-state index < -0.39 is 48.0 Å². The summed E-state index contributed by atoms with van der Waals surface area (Å²) in [6.07, 6.45) is -15.7. The highest BCUT2D eigenvalue weighted by Crippen LogP contribution is 2.41. The molecule has 0 radical (unpaired) electrons. The molecule has 2 atom stereocenters. The summed E-state index contributed by atoms with van der Waals surface area (Å²) in [5, 5.41) is 4.90. The van der Waals surface area contributed by atoms with Gasteiger partial charge in [-0.3, -0.25) is 0 Å². The molecule has 0 spiro atoms. The van der Waals surface area contributed by atoms with E-state index in [2.05, 4.69) is 15.4 Å². The predicted octanol–water partition coefficient (Wildman–Crippen LogP) is 4.39. The van der Waals surface area contributed by atoms with Crippen molar-refractivity contribution in [3.8, 4) is 11.5 Å². The van der Waals surface area contributed by atoms with Gasteiger partial charge in [0.1, 0.15) is 0 Å². The topological polar surface area (TPSA) is 85.9 Å². The number of allylic oxidation sites excluding steroid dienone is 1. The Morgan fingerprint density at radius 3 is 2.33 bits per heavy atom. The van der Waals surface area contributed by atoms with Crippen LogP contribution in [-0.2, 0) is 9.53 Å². The molecule has 1 aliphatic heterocycles. The van der Waals surface area contributed by atoms with Crippen LogP contribution in [-0.4, -0.2) is 44.2 Å². The number of carbonyl (C=O) groups excluding carboxylic acids is 2. The molecule has 1 aliphatic rings. The standard InChI is InChI=1S/C20H22F6N2O5/c1-9(2)8-32-16(29)14-10(3)27-18(30)28-15(14)11-5-6-12(13(7-11)31-4)33-20(25,26)17(21)19(22,23)24/h5-7,9,15,17H,8H2,1-4H3,(H2,27,28,30)/t15-,17-/m1/s1. The van der Waals surface area contributed by atoms with E-state index in [-0.39, 0.29) is 29.4 Å². The Balaban J connectivity index is 2.40. The number of hydrogen-bond donors (Lipinski definition) is 2. The lowest BCUT2D eigenvalue weighted by atomic mass is 9.95. The van der Waals surface area contributed by atoms with Crippen molar-refractivity contribution in [2.24, 2.45) is 5.92 Å². The van der Waals surface area contributed by atoms with Crippen LogP contribution in [0.1, 0.15) is 32.4 Å². The molecule has 0 saturated carbocycles. The van der Waals surface area contributed by atoms with E-state index in [4.69, 9.17) is 9.47 Å². The molecule has 1 heterocycles. The Bertz CT molecular complexity index is 932. The third kappa shape index (κ3) is 6.23. The minimum absolute atomic E-state index is 0.0113. The summed E-state index contributed by atoms with van der Waals surface area (Å²) in [5.41, 5.74) is 0.326.